The van der Waals surface area contributed by atoms with Crippen LogP contribution in [0.4, 0.5) is 43.9 Å². The van der Waals surface area contributed by atoms with Crippen LogP contribution in [0.15, 0.2) is 109 Å². The molecule has 0 radical (unpaired) electrons. The number of methoxy groups -OCH3 is 2. The van der Waals surface area contributed by atoms with Crippen molar-refractivity contribution in [1.82, 2.24) is 29.1 Å². The molecule has 14 nitrogen and oxygen atoms in total. The zero-order chi connectivity index (χ0) is 61.7. The van der Waals surface area contributed by atoms with Gasteiger partial charge in [-0.05, 0) is 72.8 Å². The molecule has 2 N–H and O–H groups in total. The Balaban J connectivity index is 0.000000205. The van der Waals surface area contributed by atoms with Gasteiger partial charge >= 0.3 is 11.9 Å². The zero-order valence-corrected chi connectivity index (χ0v) is 46.1. The molecule has 444 valence electrons. The SMILES string of the molecule is COCCn1c(Cc2c(F)cc(-c3cccc(OCc4ccc(Cl)cc4F)n3)c(F)c2F)nc2c(F)cc(C(=O)O)cc21.COCCn1c(Cc2c(F)cc(-c3cccc(OCc4ccc(Cl)cc4F)n3)c(F)c2F)nc2c(F)cc(C(=O)O)cc21. The third kappa shape index (κ3) is 13.4. The van der Waals surface area contributed by atoms with Crippen LogP contribution in [0.25, 0.3) is 44.6 Å². The number of benzene rings is 6. The molecule has 0 aliphatic carbocycles. The molecule has 10 rings (SSSR count). The van der Waals surface area contributed by atoms with Gasteiger partial charge in [0.1, 0.15) is 59.2 Å². The average Bonchev–Trinajstić information content (AvgIpc) is 1.72. The topological polar surface area (TPSA) is 173 Å². The minimum Gasteiger partial charge on any atom is -0.478 e. The van der Waals surface area contributed by atoms with Crippen molar-refractivity contribution in [3.63, 3.8) is 0 Å². The van der Waals surface area contributed by atoms with Crippen molar-refractivity contribution in [1.29, 1.82) is 0 Å². The molecule has 0 bridgehead atoms. The highest BCUT2D eigenvalue weighted by molar-refractivity contribution is 6.30. The van der Waals surface area contributed by atoms with Gasteiger partial charge in [-0.25, -0.2) is 73.4 Å². The van der Waals surface area contributed by atoms with Crippen LogP contribution in [0, 0.1) is 58.2 Å². The molecule has 10 aromatic rings. The highest BCUT2D eigenvalue weighted by Crippen LogP contribution is 2.34. The standard InChI is InChI=1S/2C30H21ClF5N3O4/c2*1-42-8-7-39-24-10-16(30(40)41)9-22(34)29(24)38-25(39)13-18-21(33)12-19(28(36)27(18)35)23-3-2-4-26(37-23)43-14-15-5-6-17(31)11-20(15)32/h2*2-6,9-12H,7-8,13-14H2,1H3,(H,40,41). The lowest BCUT2D eigenvalue weighted by Crippen LogP contribution is -2.11. The van der Waals surface area contributed by atoms with Gasteiger partial charge in [0.15, 0.2) is 34.9 Å². The van der Waals surface area contributed by atoms with E-state index in [0.717, 1.165) is 36.4 Å². The largest absolute Gasteiger partial charge is 0.478 e. The molecule has 0 aliphatic rings. The predicted molar refractivity (Wildman–Crippen MR) is 293 cm³/mol. The fourth-order valence-electron chi connectivity index (χ4n) is 8.99. The Kier molecular flexibility index (Phi) is 18.9. The molecule has 4 heterocycles. The monoisotopic (exact) mass is 1230 g/mol. The summed E-state index contributed by atoms with van der Waals surface area (Å²) >= 11 is 11.5. The van der Waals surface area contributed by atoms with E-state index < -0.39 is 105 Å². The second-order valence-corrected chi connectivity index (χ2v) is 19.6. The number of carbonyl (C=O) groups is 2. The van der Waals surface area contributed by atoms with Crippen molar-refractivity contribution < 1.29 is 82.7 Å². The molecule has 0 saturated heterocycles. The molecular weight excluding hydrogens is 1190 g/mol. The van der Waals surface area contributed by atoms with E-state index in [1.807, 2.05) is 0 Å². The number of carboxylic acids is 2. The van der Waals surface area contributed by atoms with Gasteiger partial charge in [0.2, 0.25) is 11.8 Å². The molecule has 0 amide bonds. The number of halogens is 12. The van der Waals surface area contributed by atoms with Gasteiger partial charge in [0.25, 0.3) is 0 Å². The Bertz CT molecular complexity index is 4000. The van der Waals surface area contributed by atoms with E-state index in [1.54, 1.807) is 0 Å². The van der Waals surface area contributed by atoms with E-state index in [4.69, 9.17) is 42.1 Å². The van der Waals surface area contributed by atoms with Crippen molar-refractivity contribution >= 4 is 57.2 Å². The summed E-state index contributed by atoms with van der Waals surface area (Å²) in [6, 6.07) is 21.8. The first kappa shape index (κ1) is 61.5. The summed E-state index contributed by atoms with van der Waals surface area (Å²) in [4.78, 5) is 39.4. The lowest BCUT2D eigenvalue weighted by atomic mass is 10.0. The first-order valence-corrected chi connectivity index (χ1v) is 26.1. The molecule has 26 heteroatoms. The number of pyridine rings is 2. The highest BCUT2D eigenvalue weighted by atomic mass is 35.5. The summed E-state index contributed by atoms with van der Waals surface area (Å²) in [5.41, 5.74) is -3.26. The van der Waals surface area contributed by atoms with Gasteiger partial charge in [0, 0.05) is 95.7 Å². The predicted octanol–water partition coefficient (Wildman–Crippen LogP) is 13.9. The summed E-state index contributed by atoms with van der Waals surface area (Å²) in [5.74, 6) is -14.1. The number of imidazole rings is 2. The number of hydrogen-bond acceptors (Lipinski definition) is 10. The van der Waals surface area contributed by atoms with Crippen LogP contribution >= 0.6 is 23.2 Å². The maximum Gasteiger partial charge on any atom is 0.335 e. The van der Waals surface area contributed by atoms with Crippen LogP contribution in [0.1, 0.15) is 54.6 Å². The second kappa shape index (κ2) is 26.4. The normalized spacial score (nSPS) is 11.3. The van der Waals surface area contributed by atoms with Gasteiger partial charge in [-0.3, -0.25) is 0 Å². The molecule has 0 unspecified atom stereocenters. The summed E-state index contributed by atoms with van der Waals surface area (Å²) in [6.07, 6.45) is -1.17. The first-order valence-electron chi connectivity index (χ1n) is 25.4. The quantitative estimate of drug-likeness (QED) is 0.0547. The van der Waals surface area contributed by atoms with Crippen LogP contribution in [0.2, 0.25) is 10.0 Å². The van der Waals surface area contributed by atoms with Crippen LogP contribution in [-0.4, -0.2) is 78.7 Å². The van der Waals surface area contributed by atoms with Crippen LogP contribution in [0.3, 0.4) is 0 Å². The Morgan fingerprint density at radius 1 is 0.477 bits per heavy atom. The maximum absolute atomic E-state index is 15.4. The lowest BCUT2D eigenvalue weighted by Gasteiger charge is -2.13. The maximum atomic E-state index is 15.4. The molecule has 6 aromatic carbocycles. The van der Waals surface area contributed by atoms with E-state index in [9.17, 15) is 37.4 Å². The Hall–Kier alpha value is -9.10. The van der Waals surface area contributed by atoms with E-state index in [-0.39, 0.29) is 129 Å². The number of fused-ring (bicyclic) bond motifs is 2. The number of ether oxygens (including phenoxy) is 4. The number of aromatic nitrogens is 6. The van der Waals surface area contributed by atoms with Gasteiger partial charge < -0.3 is 38.3 Å². The lowest BCUT2D eigenvalue weighted by molar-refractivity contribution is 0.0686. The van der Waals surface area contributed by atoms with Crippen molar-refractivity contribution in [3.05, 3.63) is 222 Å². The number of hydrogen-bond donors (Lipinski definition) is 2. The molecule has 0 saturated carbocycles. The minimum atomic E-state index is -1.51. The average molecular weight is 1240 g/mol. The van der Waals surface area contributed by atoms with Crippen molar-refractivity contribution in [2.75, 3.05) is 27.4 Å². The molecule has 0 spiro atoms. The molecule has 86 heavy (non-hydrogen) atoms. The van der Waals surface area contributed by atoms with Crippen molar-refractivity contribution in [2.45, 2.75) is 39.1 Å². The Labute approximate surface area is 490 Å². The molecule has 0 atom stereocenters. The van der Waals surface area contributed by atoms with Crippen LogP contribution in [0.5, 0.6) is 11.8 Å². The van der Waals surface area contributed by atoms with Crippen LogP contribution in [-0.2, 0) is 48.6 Å². The van der Waals surface area contributed by atoms with Gasteiger partial charge in [-0.2, -0.15) is 0 Å². The van der Waals surface area contributed by atoms with E-state index >= 15 is 26.3 Å². The summed E-state index contributed by atoms with van der Waals surface area (Å²) in [5, 5.41) is 19.1. The summed E-state index contributed by atoms with van der Waals surface area (Å²) in [6.45, 7) is -0.199. The van der Waals surface area contributed by atoms with E-state index in [1.165, 1.54) is 96.2 Å². The molecular formula is C60H42Cl2F10N6O8. The van der Waals surface area contributed by atoms with Crippen molar-refractivity contribution in [3.8, 4) is 34.3 Å². The second-order valence-electron chi connectivity index (χ2n) is 18.8. The number of rotatable bonds is 20. The summed E-state index contributed by atoms with van der Waals surface area (Å²) < 4.78 is 174. The Morgan fingerprint density at radius 3 is 1.23 bits per heavy atom. The summed E-state index contributed by atoms with van der Waals surface area (Å²) in [7, 11) is 2.80. The van der Waals surface area contributed by atoms with Gasteiger partial charge in [-0.1, -0.05) is 47.5 Å². The number of aromatic carboxylic acids is 2. The molecule has 0 aliphatic heterocycles. The zero-order valence-electron chi connectivity index (χ0n) is 44.6. The fraction of sp³-hybridized carbons (Fsp3) is 0.167. The number of nitrogens with zero attached hydrogens (tertiary/aromatic N) is 6. The van der Waals surface area contributed by atoms with Gasteiger partial charge in [-0.15, -0.1) is 0 Å². The van der Waals surface area contributed by atoms with Crippen LogP contribution < -0.4 is 9.47 Å². The third-order valence-corrected chi connectivity index (χ3v) is 13.7. The van der Waals surface area contributed by atoms with E-state index in [0.29, 0.717) is 0 Å². The smallest absolute Gasteiger partial charge is 0.335 e. The van der Waals surface area contributed by atoms with Gasteiger partial charge in [0.05, 0.1) is 46.8 Å². The third-order valence-electron chi connectivity index (χ3n) is 13.3. The minimum absolute atomic E-state index is 0.0404. The highest BCUT2D eigenvalue weighted by Gasteiger charge is 2.27. The fourth-order valence-corrected chi connectivity index (χ4v) is 9.31. The molecule has 0 fully saturated rings. The molecule has 4 aromatic heterocycles. The first-order chi connectivity index (χ1) is 41.1. The van der Waals surface area contributed by atoms with Crippen molar-refractivity contribution in [2.24, 2.45) is 0 Å². The number of carboxylic acid groups (broad SMARTS) is 2. The van der Waals surface area contributed by atoms with E-state index in [2.05, 4.69) is 19.9 Å². The Morgan fingerprint density at radius 2 is 0.872 bits per heavy atom.